The van der Waals surface area contributed by atoms with Gasteiger partial charge in [0, 0.05) is 19.9 Å². The zero-order valence-corrected chi connectivity index (χ0v) is 17.8. The number of terminal acetylenes is 1. The van der Waals surface area contributed by atoms with E-state index in [9.17, 15) is 0 Å². The quantitative estimate of drug-likeness (QED) is 0.682. The molecule has 0 saturated heterocycles. The number of benzene rings is 1. The fourth-order valence-electron chi connectivity index (χ4n) is 2.50. The summed E-state index contributed by atoms with van der Waals surface area (Å²) in [5, 5.41) is 0. The second kappa shape index (κ2) is 11.6. The van der Waals surface area contributed by atoms with Crippen LogP contribution >= 0.6 is 0 Å². The Labute approximate surface area is 168 Å². The molecule has 0 aliphatic carbocycles. The van der Waals surface area contributed by atoms with Crippen molar-refractivity contribution in [3.63, 3.8) is 0 Å². The highest BCUT2D eigenvalue weighted by Crippen LogP contribution is 2.22. The summed E-state index contributed by atoms with van der Waals surface area (Å²) in [6, 6.07) is 6.03. The van der Waals surface area contributed by atoms with Crippen LogP contribution in [0.4, 0.5) is 5.82 Å². The number of ether oxygens (including phenoxy) is 1. The van der Waals surface area contributed by atoms with E-state index in [-0.39, 0.29) is 0 Å². The number of rotatable bonds is 4. The maximum absolute atomic E-state index is 5.86. The maximum atomic E-state index is 5.86. The normalized spacial score (nSPS) is 9.61. The van der Waals surface area contributed by atoms with Crippen LogP contribution in [0.1, 0.15) is 50.6 Å². The van der Waals surface area contributed by atoms with Crippen LogP contribution in [-0.4, -0.2) is 26.6 Å². The van der Waals surface area contributed by atoms with Gasteiger partial charge < -0.3 is 15.0 Å². The molecule has 0 unspecified atom stereocenters. The van der Waals surface area contributed by atoms with Crippen molar-refractivity contribution in [1.82, 2.24) is 19.5 Å². The molecule has 0 aliphatic heterocycles. The average Bonchev–Trinajstić information content (AvgIpc) is 3.03. The Morgan fingerprint density at radius 2 is 1.96 bits per heavy atom. The van der Waals surface area contributed by atoms with Crippen LogP contribution in [0, 0.1) is 19.3 Å². The van der Waals surface area contributed by atoms with Crippen LogP contribution in [0.2, 0.25) is 0 Å². The first-order valence-corrected chi connectivity index (χ1v) is 9.50. The topological polar surface area (TPSA) is 78.8 Å². The lowest BCUT2D eigenvalue weighted by Gasteiger charge is -2.08. The number of hydrogen-bond donors (Lipinski definition) is 1. The first-order valence-electron chi connectivity index (χ1n) is 9.50. The number of imidazole rings is 1. The van der Waals surface area contributed by atoms with Gasteiger partial charge in [0.1, 0.15) is 17.9 Å². The number of nitrogens with two attached hydrogens (primary N) is 1. The van der Waals surface area contributed by atoms with Crippen molar-refractivity contribution in [2.45, 2.75) is 47.0 Å². The van der Waals surface area contributed by atoms with E-state index in [2.05, 4.69) is 34.7 Å². The van der Waals surface area contributed by atoms with Crippen LogP contribution in [0.5, 0.6) is 5.75 Å². The van der Waals surface area contributed by atoms with Gasteiger partial charge in [-0.25, -0.2) is 15.0 Å². The Balaban J connectivity index is 0.000000490. The van der Waals surface area contributed by atoms with Gasteiger partial charge >= 0.3 is 0 Å². The minimum Gasteiger partial charge on any atom is -0.497 e. The molecule has 0 bridgehead atoms. The molecule has 0 saturated carbocycles. The van der Waals surface area contributed by atoms with Crippen molar-refractivity contribution >= 4 is 17.0 Å². The number of nitrogen functional groups attached to an aromatic ring is 1. The Morgan fingerprint density at radius 1 is 1.25 bits per heavy atom. The van der Waals surface area contributed by atoms with Gasteiger partial charge in [-0.15, -0.1) is 12.3 Å². The van der Waals surface area contributed by atoms with Crippen LogP contribution in [0.15, 0.2) is 24.5 Å². The van der Waals surface area contributed by atoms with Crippen molar-refractivity contribution in [2.24, 2.45) is 7.05 Å². The molecule has 28 heavy (non-hydrogen) atoms. The minimum absolute atomic E-state index is 0.407. The predicted octanol–water partition coefficient (Wildman–Crippen LogP) is 4.30. The zero-order chi connectivity index (χ0) is 21.1. The van der Waals surface area contributed by atoms with Gasteiger partial charge in [-0.1, -0.05) is 26.8 Å². The van der Waals surface area contributed by atoms with Crippen LogP contribution in [0.3, 0.4) is 0 Å². The summed E-state index contributed by atoms with van der Waals surface area (Å²) in [4.78, 5) is 12.8. The molecular formula is C22H31N5O. The number of unbranched alkanes of at least 4 members (excludes halogenated alkanes) is 1. The largest absolute Gasteiger partial charge is 0.497 e. The fraction of sp³-hybridized carbons (Fsp3) is 0.409. The van der Waals surface area contributed by atoms with Crippen molar-refractivity contribution < 1.29 is 4.74 Å². The fourth-order valence-corrected chi connectivity index (χ4v) is 2.50. The van der Waals surface area contributed by atoms with E-state index in [1.54, 1.807) is 7.11 Å². The van der Waals surface area contributed by atoms with Crippen molar-refractivity contribution in [3.8, 4) is 18.1 Å². The Kier molecular flexibility index (Phi) is 9.52. The first kappa shape index (κ1) is 23.0. The molecule has 150 valence electrons. The van der Waals surface area contributed by atoms with Gasteiger partial charge in [-0.3, -0.25) is 0 Å². The summed E-state index contributed by atoms with van der Waals surface area (Å²) in [5.74, 6) is 4.66. The summed E-state index contributed by atoms with van der Waals surface area (Å²) in [6.07, 6.45) is 9.06. The summed E-state index contributed by atoms with van der Waals surface area (Å²) >= 11 is 0. The monoisotopic (exact) mass is 381 g/mol. The second-order valence-electron chi connectivity index (χ2n) is 5.94. The third-order valence-corrected chi connectivity index (χ3v) is 4.08. The van der Waals surface area contributed by atoms with Crippen LogP contribution < -0.4 is 10.5 Å². The smallest absolute Gasteiger partial charge is 0.165 e. The second-order valence-corrected chi connectivity index (χ2v) is 5.94. The maximum Gasteiger partial charge on any atom is 0.165 e. The first-order chi connectivity index (χ1) is 13.5. The van der Waals surface area contributed by atoms with E-state index in [0.717, 1.165) is 30.1 Å². The van der Waals surface area contributed by atoms with Gasteiger partial charge in [-0.05, 0) is 36.6 Å². The lowest BCUT2D eigenvalue weighted by Crippen LogP contribution is -2.01. The highest BCUT2D eigenvalue weighted by atomic mass is 16.5. The molecule has 0 aliphatic rings. The van der Waals surface area contributed by atoms with Gasteiger partial charge in [0.2, 0.25) is 0 Å². The molecule has 1 aromatic carbocycles. The molecule has 3 aromatic rings. The Morgan fingerprint density at radius 3 is 2.50 bits per heavy atom. The molecule has 0 spiro atoms. The number of nitrogens with zero attached hydrogens (tertiary/aromatic N) is 4. The van der Waals surface area contributed by atoms with E-state index in [1.807, 2.05) is 43.7 Å². The Bertz CT molecular complexity index is 925. The highest BCUT2D eigenvalue weighted by Gasteiger charge is 2.13. The standard InChI is InChI=1S/C15H17N5O.C5H8.C2H6/c1-9-4-5-11(21-3)6-10(9)7-12-19-13-14(16)17-8-18-15(13)20(12)2;1-3-5-4-2;1-2/h4-6,8H,7H2,1-3H3,(H2,16,17,18);1H,4-5H2,2H3;1-2H3. The van der Waals surface area contributed by atoms with E-state index in [4.69, 9.17) is 16.9 Å². The SMILES string of the molecule is C#CCCC.CC.COc1ccc(C)c(Cc2nc3c(N)ncnc3n2C)c1. The molecule has 0 fully saturated rings. The summed E-state index contributed by atoms with van der Waals surface area (Å²) in [5.41, 5.74) is 9.62. The molecule has 2 heterocycles. The van der Waals surface area contributed by atoms with Crippen LogP contribution in [-0.2, 0) is 13.5 Å². The number of hydrogen-bond acceptors (Lipinski definition) is 5. The molecule has 2 N–H and O–H groups in total. The summed E-state index contributed by atoms with van der Waals surface area (Å²) < 4.78 is 7.24. The van der Waals surface area contributed by atoms with Gasteiger partial charge in [-0.2, -0.15) is 0 Å². The third-order valence-electron chi connectivity index (χ3n) is 4.08. The van der Waals surface area contributed by atoms with Crippen molar-refractivity contribution in [3.05, 3.63) is 41.5 Å². The molecule has 3 rings (SSSR count). The number of aromatic nitrogens is 4. The Hall–Kier alpha value is -3.07. The van der Waals surface area contributed by atoms with Gasteiger partial charge in [0.25, 0.3) is 0 Å². The van der Waals surface area contributed by atoms with E-state index >= 15 is 0 Å². The molecular weight excluding hydrogens is 350 g/mol. The lowest BCUT2D eigenvalue weighted by molar-refractivity contribution is 0.414. The molecule has 2 aromatic heterocycles. The van der Waals surface area contributed by atoms with Gasteiger partial charge in [0.15, 0.2) is 17.0 Å². The van der Waals surface area contributed by atoms with Crippen LogP contribution in [0.25, 0.3) is 11.2 Å². The van der Waals surface area contributed by atoms with E-state index in [1.165, 1.54) is 17.5 Å². The number of fused-ring (bicyclic) bond motifs is 1. The van der Waals surface area contributed by atoms with E-state index < -0.39 is 0 Å². The minimum atomic E-state index is 0.407. The third kappa shape index (κ3) is 5.71. The average molecular weight is 382 g/mol. The predicted molar refractivity (Wildman–Crippen MR) is 116 cm³/mol. The lowest BCUT2D eigenvalue weighted by atomic mass is 10.1. The molecule has 0 atom stereocenters. The number of methoxy groups -OCH3 is 1. The van der Waals surface area contributed by atoms with Gasteiger partial charge in [0.05, 0.1) is 7.11 Å². The molecule has 0 radical (unpaired) electrons. The number of anilines is 1. The molecule has 0 amide bonds. The summed E-state index contributed by atoms with van der Waals surface area (Å²) in [7, 11) is 3.60. The molecule has 6 nitrogen and oxygen atoms in total. The van der Waals surface area contributed by atoms with Crippen molar-refractivity contribution in [2.75, 3.05) is 12.8 Å². The zero-order valence-electron chi connectivity index (χ0n) is 17.8. The highest BCUT2D eigenvalue weighted by molar-refractivity contribution is 5.81. The molecule has 6 heteroatoms. The number of aryl methyl sites for hydroxylation is 2. The van der Waals surface area contributed by atoms with Crippen molar-refractivity contribution in [1.29, 1.82) is 0 Å². The van der Waals surface area contributed by atoms with E-state index in [0.29, 0.717) is 17.8 Å². The summed E-state index contributed by atoms with van der Waals surface area (Å²) in [6.45, 7) is 8.14.